The maximum Gasteiger partial charge on any atom is 0.263 e. The third-order valence-electron chi connectivity index (χ3n) is 5.47. The summed E-state index contributed by atoms with van der Waals surface area (Å²) in [4.78, 5) is 20.8. The molecule has 0 atom stereocenters. The van der Waals surface area contributed by atoms with Crippen LogP contribution in [0.5, 0.6) is 0 Å². The summed E-state index contributed by atoms with van der Waals surface area (Å²) < 4.78 is 1.91. The average molecular weight is 419 g/mol. The lowest BCUT2D eigenvalue weighted by atomic mass is 10.1. The normalized spacial score (nSPS) is 13.1. The van der Waals surface area contributed by atoms with Crippen molar-refractivity contribution in [1.29, 1.82) is 0 Å². The van der Waals surface area contributed by atoms with Gasteiger partial charge in [0.1, 0.15) is 4.83 Å². The smallest absolute Gasteiger partial charge is 0.263 e. The van der Waals surface area contributed by atoms with E-state index in [2.05, 4.69) is 48.5 Å². The summed E-state index contributed by atoms with van der Waals surface area (Å²) in [5.41, 5.74) is 3.89. The number of fused-ring (bicyclic) bond motifs is 3. The lowest BCUT2D eigenvalue weighted by Crippen LogP contribution is -2.24. The van der Waals surface area contributed by atoms with Crippen molar-refractivity contribution in [3.63, 3.8) is 0 Å². The van der Waals surface area contributed by atoms with Crippen LogP contribution in [0, 0.1) is 0 Å². The van der Waals surface area contributed by atoms with E-state index < -0.39 is 0 Å². The van der Waals surface area contributed by atoms with Gasteiger partial charge in [0.15, 0.2) is 5.16 Å². The molecule has 1 aliphatic carbocycles. The summed E-state index contributed by atoms with van der Waals surface area (Å²) in [6, 6.07) is 20.8. The molecule has 3 nitrogen and oxygen atoms in total. The molecule has 2 aromatic heterocycles. The second kappa shape index (κ2) is 8.17. The molecule has 0 saturated heterocycles. The molecule has 0 fully saturated rings. The summed E-state index contributed by atoms with van der Waals surface area (Å²) in [5, 5.41) is 1.71. The second-order valence-electron chi connectivity index (χ2n) is 7.40. The van der Waals surface area contributed by atoms with Gasteiger partial charge in [-0.15, -0.1) is 11.3 Å². The molecule has 0 unspecified atom stereocenters. The van der Waals surface area contributed by atoms with E-state index in [1.165, 1.54) is 21.6 Å². The Morgan fingerprint density at radius 2 is 1.69 bits per heavy atom. The number of hydrogen-bond donors (Lipinski definition) is 0. The highest BCUT2D eigenvalue weighted by atomic mass is 32.2. The molecule has 146 valence electrons. The van der Waals surface area contributed by atoms with Crippen molar-refractivity contribution in [2.24, 2.45) is 0 Å². The zero-order valence-electron chi connectivity index (χ0n) is 16.1. The Morgan fingerprint density at radius 3 is 2.45 bits per heavy atom. The summed E-state index contributed by atoms with van der Waals surface area (Å²) in [6.07, 6.45) is 4.10. The number of benzene rings is 2. The van der Waals surface area contributed by atoms with Gasteiger partial charge in [0, 0.05) is 17.2 Å². The van der Waals surface area contributed by atoms with E-state index in [0.29, 0.717) is 6.54 Å². The van der Waals surface area contributed by atoms with E-state index in [9.17, 15) is 4.79 Å². The van der Waals surface area contributed by atoms with Crippen molar-refractivity contribution in [3.05, 3.63) is 92.6 Å². The van der Waals surface area contributed by atoms with Crippen LogP contribution in [0.3, 0.4) is 0 Å². The van der Waals surface area contributed by atoms with E-state index in [1.807, 2.05) is 16.7 Å². The zero-order valence-corrected chi connectivity index (χ0v) is 17.8. The molecule has 5 heteroatoms. The largest absolute Gasteiger partial charge is 0.287 e. The first-order chi connectivity index (χ1) is 14.3. The van der Waals surface area contributed by atoms with Crippen molar-refractivity contribution in [1.82, 2.24) is 9.55 Å². The number of nitrogens with zero attached hydrogens (tertiary/aromatic N) is 2. The third kappa shape index (κ3) is 3.77. The number of aryl methyl sites for hydroxylation is 3. The summed E-state index contributed by atoms with van der Waals surface area (Å²) >= 11 is 3.39. The second-order valence-corrected chi connectivity index (χ2v) is 9.42. The van der Waals surface area contributed by atoms with Crippen LogP contribution in [0.25, 0.3) is 10.2 Å². The number of rotatable bonds is 6. The molecule has 0 aliphatic heterocycles. The van der Waals surface area contributed by atoms with Crippen LogP contribution in [0.4, 0.5) is 0 Å². The molecule has 5 rings (SSSR count). The molecule has 2 heterocycles. The Hall–Kier alpha value is -2.37. The van der Waals surface area contributed by atoms with E-state index >= 15 is 0 Å². The van der Waals surface area contributed by atoms with Crippen molar-refractivity contribution in [2.45, 2.75) is 43.1 Å². The molecule has 0 N–H and O–H groups in total. The van der Waals surface area contributed by atoms with E-state index in [1.54, 1.807) is 23.1 Å². The molecule has 0 amide bonds. The van der Waals surface area contributed by atoms with Gasteiger partial charge in [0.2, 0.25) is 0 Å². The molecule has 0 saturated carbocycles. The molecular weight excluding hydrogens is 396 g/mol. The Balaban J connectivity index is 1.53. The first-order valence-corrected chi connectivity index (χ1v) is 11.9. The van der Waals surface area contributed by atoms with Crippen LogP contribution in [0.15, 0.2) is 70.6 Å². The average Bonchev–Trinajstić information content (AvgIpc) is 3.34. The quantitative estimate of drug-likeness (QED) is 0.307. The van der Waals surface area contributed by atoms with Gasteiger partial charge in [-0.05, 0) is 42.4 Å². The molecule has 4 aromatic rings. The fourth-order valence-electron chi connectivity index (χ4n) is 3.97. The third-order valence-corrected chi connectivity index (χ3v) is 7.70. The van der Waals surface area contributed by atoms with Crippen molar-refractivity contribution >= 4 is 33.3 Å². The number of aromatic nitrogens is 2. The Kier molecular flexibility index (Phi) is 5.25. The number of hydrogen-bond acceptors (Lipinski definition) is 4. The molecular formula is C24H22N2OS2. The molecule has 0 radical (unpaired) electrons. The van der Waals surface area contributed by atoms with Crippen LogP contribution in [-0.4, -0.2) is 9.55 Å². The number of thioether (sulfide) groups is 1. The van der Waals surface area contributed by atoms with Gasteiger partial charge >= 0.3 is 0 Å². The minimum absolute atomic E-state index is 0.140. The Morgan fingerprint density at radius 1 is 0.966 bits per heavy atom. The number of thiophene rings is 1. The first-order valence-electron chi connectivity index (χ1n) is 10.1. The lowest BCUT2D eigenvalue weighted by molar-refractivity contribution is 0.596. The van der Waals surface area contributed by atoms with E-state index in [4.69, 9.17) is 4.98 Å². The monoisotopic (exact) mass is 418 g/mol. The van der Waals surface area contributed by atoms with Gasteiger partial charge in [-0.25, -0.2) is 4.98 Å². The van der Waals surface area contributed by atoms with Crippen LogP contribution in [0.2, 0.25) is 0 Å². The maximum absolute atomic E-state index is 13.5. The van der Waals surface area contributed by atoms with Gasteiger partial charge in [-0.3, -0.25) is 9.36 Å². The highest BCUT2D eigenvalue weighted by Gasteiger charge is 2.23. The highest BCUT2D eigenvalue weighted by Crippen LogP contribution is 2.36. The van der Waals surface area contributed by atoms with Gasteiger partial charge in [0.05, 0.1) is 5.39 Å². The van der Waals surface area contributed by atoms with Crippen LogP contribution in [0.1, 0.15) is 28.0 Å². The van der Waals surface area contributed by atoms with E-state index in [-0.39, 0.29) is 5.56 Å². The minimum atomic E-state index is 0.140. The predicted molar refractivity (Wildman–Crippen MR) is 122 cm³/mol. The molecule has 0 spiro atoms. The summed E-state index contributed by atoms with van der Waals surface area (Å²) in [7, 11) is 0. The van der Waals surface area contributed by atoms with Crippen LogP contribution >= 0.6 is 23.1 Å². The van der Waals surface area contributed by atoms with Crippen molar-refractivity contribution < 1.29 is 0 Å². The predicted octanol–water partition coefficient (Wildman–Crippen LogP) is 5.48. The van der Waals surface area contributed by atoms with Gasteiger partial charge in [0.25, 0.3) is 5.56 Å². The molecule has 2 aromatic carbocycles. The molecule has 1 aliphatic rings. The topological polar surface area (TPSA) is 34.9 Å². The van der Waals surface area contributed by atoms with E-state index in [0.717, 1.165) is 46.8 Å². The Bertz CT molecular complexity index is 1200. The maximum atomic E-state index is 13.5. The lowest BCUT2D eigenvalue weighted by Gasteiger charge is -2.12. The van der Waals surface area contributed by atoms with Crippen molar-refractivity contribution in [2.75, 3.05) is 0 Å². The minimum Gasteiger partial charge on any atom is -0.287 e. The molecule has 29 heavy (non-hydrogen) atoms. The van der Waals surface area contributed by atoms with Gasteiger partial charge < -0.3 is 0 Å². The Labute approximate surface area is 178 Å². The van der Waals surface area contributed by atoms with Crippen LogP contribution < -0.4 is 5.56 Å². The summed E-state index contributed by atoms with van der Waals surface area (Å²) in [5.74, 6) is 0.815. The standard InChI is InChI=1S/C24H22N2OS2/c27-23-21-19-12-7-13-20(19)29-22(21)25-24(28-16-18-10-5-2-6-11-18)26(23)15-14-17-8-3-1-4-9-17/h1-6,8-11H,7,12-16H2. The first kappa shape index (κ1) is 18.6. The fraction of sp³-hybridized carbons (Fsp3) is 0.250. The summed E-state index contributed by atoms with van der Waals surface area (Å²) in [6.45, 7) is 0.660. The molecule has 0 bridgehead atoms. The zero-order chi connectivity index (χ0) is 19.6. The van der Waals surface area contributed by atoms with Gasteiger partial charge in [-0.1, -0.05) is 72.4 Å². The van der Waals surface area contributed by atoms with Crippen LogP contribution in [-0.2, 0) is 31.6 Å². The fourth-order valence-corrected chi connectivity index (χ4v) is 6.26. The van der Waals surface area contributed by atoms with Gasteiger partial charge in [-0.2, -0.15) is 0 Å². The SMILES string of the molecule is O=c1c2c3c(sc2nc(SCc2ccccc2)n1CCc1ccccc1)CCC3. The highest BCUT2D eigenvalue weighted by molar-refractivity contribution is 7.98. The van der Waals surface area contributed by atoms with Crippen molar-refractivity contribution in [3.8, 4) is 0 Å².